The molecule has 0 aromatic carbocycles. The van der Waals surface area contributed by atoms with Crippen LogP contribution in [0.15, 0.2) is 0 Å². The lowest BCUT2D eigenvalue weighted by atomic mass is 9.77. The molecule has 0 amide bonds. The molecular formula is C18H33N3. The van der Waals surface area contributed by atoms with Gasteiger partial charge in [-0.05, 0) is 90.0 Å². The van der Waals surface area contributed by atoms with Crippen molar-refractivity contribution in [1.82, 2.24) is 15.1 Å². The van der Waals surface area contributed by atoms with Crippen LogP contribution in [-0.2, 0) is 0 Å². The molecule has 0 aromatic heterocycles. The predicted molar refractivity (Wildman–Crippen MR) is 87.6 cm³/mol. The Bertz CT molecular complexity index is 327. The lowest BCUT2D eigenvalue weighted by Crippen LogP contribution is -2.55. The summed E-state index contributed by atoms with van der Waals surface area (Å²) in [5.74, 6) is 0.956. The molecule has 2 aliphatic carbocycles. The molecule has 2 aliphatic heterocycles. The van der Waals surface area contributed by atoms with Gasteiger partial charge in [0.2, 0.25) is 0 Å². The summed E-state index contributed by atoms with van der Waals surface area (Å²) in [5.41, 5.74) is 0. The normalized spacial score (nSPS) is 36.6. The highest BCUT2D eigenvalue weighted by molar-refractivity contribution is 4.94. The Hall–Kier alpha value is -0.120. The van der Waals surface area contributed by atoms with Crippen LogP contribution in [0.5, 0.6) is 0 Å². The summed E-state index contributed by atoms with van der Waals surface area (Å²) in [6, 6.07) is 2.71. The highest BCUT2D eigenvalue weighted by atomic mass is 15.2. The van der Waals surface area contributed by atoms with Crippen molar-refractivity contribution >= 4 is 0 Å². The molecule has 2 heterocycles. The number of rotatable bonds is 5. The zero-order valence-electron chi connectivity index (χ0n) is 13.6. The molecule has 21 heavy (non-hydrogen) atoms. The Balaban J connectivity index is 1.21. The molecule has 4 fully saturated rings. The van der Waals surface area contributed by atoms with Crippen LogP contribution in [0, 0.1) is 5.92 Å². The molecule has 4 rings (SSSR count). The minimum absolute atomic E-state index is 0.885. The van der Waals surface area contributed by atoms with Crippen LogP contribution in [0.4, 0.5) is 0 Å². The Labute approximate surface area is 130 Å². The summed E-state index contributed by atoms with van der Waals surface area (Å²) in [4.78, 5) is 5.64. The van der Waals surface area contributed by atoms with Gasteiger partial charge in [-0.3, -0.25) is 4.90 Å². The van der Waals surface area contributed by atoms with Crippen LogP contribution >= 0.6 is 0 Å². The molecule has 4 aliphatic rings. The van der Waals surface area contributed by atoms with Crippen molar-refractivity contribution in [1.29, 1.82) is 0 Å². The van der Waals surface area contributed by atoms with E-state index in [4.69, 9.17) is 0 Å². The molecule has 0 spiro atoms. The molecule has 2 saturated heterocycles. The van der Waals surface area contributed by atoms with Gasteiger partial charge in [-0.15, -0.1) is 0 Å². The molecule has 0 aromatic rings. The molecule has 2 saturated carbocycles. The first kappa shape index (κ1) is 14.5. The van der Waals surface area contributed by atoms with Gasteiger partial charge in [0.05, 0.1) is 0 Å². The van der Waals surface area contributed by atoms with Crippen molar-refractivity contribution in [3.63, 3.8) is 0 Å². The third-order valence-corrected chi connectivity index (χ3v) is 6.50. The smallest absolute Gasteiger partial charge is 0.0136 e. The fourth-order valence-corrected chi connectivity index (χ4v) is 4.74. The highest BCUT2D eigenvalue weighted by Gasteiger charge is 2.38. The number of hydrogen-bond donors (Lipinski definition) is 1. The Morgan fingerprint density at radius 1 is 0.714 bits per heavy atom. The molecule has 3 nitrogen and oxygen atoms in total. The van der Waals surface area contributed by atoms with Crippen LogP contribution in [0.2, 0.25) is 0 Å². The molecule has 0 radical (unpaired) electrons. The van der Waals surface area contributed by atoms with Gasteiger partial charge < -0.3 is 10.2 Å². The van der Waals surface area contributed by atoms with Crippen molar-refractivity contribution in [2.45, 2.75) is 75.9 Å². The molecule has 3 heteroatoms. The fourth-order valence-electron chi connectivity index (χ4n) is 4.74. The number of likely N-dealkylation sites (tertiary alicyclic amines) is 2. The van der Waals surface area contributed by atoms with E-state index < -0.39 is 0 Å². The standard InChI is InChI=1S/C18H33N3/c1-2-10-20(11-3-1)17-8-12-21(13-9-17)18-7-4-15(18)14-19-16-5-6-16/h15-19H,1-14H2. The van der Waals surface area contributed by atoms with E-state index in [1.54, 1.807) is 0 Å². The van der Waals surface area contributed by atoms with Gasteiger partial charge in [0.25, 0.3) is 0 Å². The van der Waals surface area contributed by atoms with E-state index in [2.05, 4.69) is 15.1 Å². The van der Waals surface area contributed by atoms with E-state index in [1.165, 1.54) is 90.5 Å². The molecular weight excluding hydrogens is 258 g/mol. The van der Waals surface area contributed by atoms with Gasteiger partial charge in [-0.1, -0.05) is 6.42 Å². The third-order valence-electron chi connectivity index (χ3n) is 6.50. The third kappa shape index (κ3) is 3.46. The molecule has 120 valence electrons. The second-order valence-electron chi connectivity index (χ2n) is 7.95. The predicted octanol–water partition coefficient (Wildman–Crippen LogP) is 2.47. The maximum atomic E-state index is 3.75. The quantitative estimate of drug-likeness (QED) is 0.839. The molecule has 1 N–H and O–H groups in total. The average molecular weight is 291 g/mol. The summed E-state index contributed by atoms with van der Waals surface area (Å²) in [7, 11) is 0. The van der Waals surface area contributed by atoms with E-state index in [0.29, 0.717) is 0 Å². The van der Waals surface area contributed by atoms with Gasteiger partial charge in [0.1, 0.15) is 0 Å². The second kappa shape index (κ2) is 6.55. The largest absolute Gasteiger partial charge is 0.314 e. The number of nitrogens with one attached hydrogen (secondary N) is 1. The first-order valence-electron chi connectivity index (χ1n) is 9.61. The Morgan fingerprint density at radius 2 is 1.48 bits per heavy atom. The van der Waals surface area contributed by atoms with Gasteiger partial charge in [0.15, 0.2) is 0 Å². The topological polar surface area (TPSA) is 18.5 Å². The van der Waals surface area contributed by atoms with Crippen LogP contribution in [0.3, 0.4) is 0 Å². The van der Waals surface area contributed by atoms with Crippen molar-refractivity contribution in [2.75, 3.05) is 32.7 Å². The number of piperidine rings is 2. The van der Waals surface area contributed by atoms with Gasteiger partial charge in [-0.2, -0.15) is 0 Å². The van der Waals surface area contributed by atoms with Crippen LogP contribution in [-0.4, -0.2) is 60.6 Å². The maximum absolute atomic E-state index is 3.75. The summed E-state index contributed by atoms with van der Waals surface area (Å²) in [6.45, 7) is 6.78. The van der Waals surface area contributed by atoms with Crippen LogP contribution in [0.1, 0.15) is 57.8 Å². The maximum Gasteiger partial charge on any atom is 0.0136 e. The molecule has 0 bridgehead atoms. The monoisotopic (exact) mass is 291 g/mol. The van der Waals surface area contributed by atoms with E-state index >= 15 is 0 Å². The van der Waals surface area contributed by atoms with E-state index in [9.17, 15) is 0 Å². The molecule has 2 atom stereocenters. The first-order chi connectivity index (χ1) is 10.4. The second-order valence-corrected chi connectivity index (χ2v) is 7.95. The van der Waals surface area contributed by atoms with Gasteiger partial charge >= 0.3 is 0 Å². The highest BCUT2D eigenvalue weighted by Crippen LogP contribution is 2.35. The lowest BCUT2D eigenvalue weighted by molar-refractivity contribution is 0.0162. The van der Waals surface area contributed by atoms with Crippen molar-refractivity contribution in [3.8, 4) is 0 Å². The number of hydrogen-bond acceptors (Lipinski definition) is 3. The summed E-state index contributed by atoms with van der Waals surface area (Å²) in [6.07, 6.45) is 13.0. The summed E-state index contributed by atoms with van der Waals surface area (Å²) >= 11 is 0. The Morgan fingerprint density at radius 3 is 2.10 bits per heavy atom. The average Bonchev–Trinajstić information content (AvgIpc) is 3.32. The lowest BCUT2D eigenvalue weighted by Gasteiger charge is -2.49. The van der Waals surface area contributed by atoms with Gasteiger partial charge in [0, 0.05) is 18.1 Å². The Kier molecular flexibility index (Phi) is 4.52. The van der Waals surface area contributed by atoms with E-state index in [1.807, 2.05) is 0 Å². The van der Waals surface area contributed by atoms with Crippen LogP contribution < -0.4 is 5.32 Å². The zero-order valence-corrected chi connectivity index (χ0v) is 13.6. The van der Waals surface area contributed by atoms with Crippen molar-refractivity contribution in [2.24, 2.45) is 5.92 Å². The zero-order chi connectivity index (χ0) is 14.1. The van der Waals surface area contributed by atoms with Crippen LogP contribution in [0.25, 0.3) is 0 Å². The van der Waals surface area contributed by atoms with E-state index in [-0.39, 0.29) is 0 Å². The summed E-state index contributed by atoms with van der Waals surface area (Å²) in [5, 5.41) is 3.75. The van der Waals surface area contributed by atoms with Gasteiger partial charge in [-0.25, -0.2) is 0 Å². The van der Waals surface area contributed by atoms with Crippen molar-refractivity contribution in [3.05, 3.63) is 0 Å². The first-order valence-corrected chi connectivity index (χ1v) is 9.61. The minimum Gasteiger partial charge on any atom is -0.314 e. The number of nitrogens with zero attached hydrogens (tertiary/aromatic N) is 2. The molecule has 2 unspecified atom stereocenters. The van der Waals surface area contributed by atoms with Crippen molar-refractivity contribution < 1.29 is 0 Å². The fraction of sp³-hybridized carbons (Fsp3) is 1.00. The minimum atomic E-state index is 0.885. The van der Waals surface area contributed by atoms with E-state index in [0.717, 1.165) is 24.0 Å². The summed E-state index contributed by atoms with van der Waals surface area (Å²) < 4.78 is 0. The SMILES string of the molecule is C1CCN(C2CCN(C3CCC3CNC3CC3)CC2)CC1.